The van der Waals surface area contributed by atoms with Gasteiger partial charge in [0.15, 0.2) is 6.29 Å². The van der Waals surface area contributed by atoms with Crippen molar-refractivity contribution in [2.75, 3.05) is 20.8 Å². The first-order valence-electron chi connectivity index (χ1n) is 9.50. The lowest BCUT2D eigenvalue weighted by Gasteiger charge is -2.27. The average molecular weight is 404 g/mol. The van der Waals surface area contributed by atoms with Gasteiger partial charge in [-0.2, -0.15) is 0 Å². The molecular formula is C20H24N2O7. The third-order valence-corrected chi connectivity index (χ3v) is 5.04. The number of rotatable bonds is 9. The van der Waals surface area contributed by atoms with Gasteiger partial charge in [0.1, 0.15) is 11.8 Å². The number of hydrogen-bond donors (Lipinski definition) is 1. The van der Waals surface area contributed by atoms with E-state index < -0.39 is 29.7 Å². The van der Waals surface area contributed by atoms with Crippen molar-refractivity contribution in [3.63, 3.8) is 0 Å². The largest absolute Gasteiger partial charge is 0.494 e. The Hall–Kier alpha value is -2.78. The maximum absolute atomic E-state index is 12.8. The molecule has 0 bridgehead atoms. The number of unbranched alkanes of at least 4 members (excludes halogenated alkanes) is 1. The van der Waals surface area contributed by atoms with E-state index in [4.69, 9.17) is 14.2 Å². The Morgan fingerprint density at radius 1 is 1.07 bits per heavy atom. The SMILES string of the molecule is COC(CCCCOc1ccc2c(c1)C(=O)N(C1CCC(=O)NC1=O)C2=O)OC. The summed E-state index contributed by atoms with van der Waals surface area (Å²) in [6, 6.07) is 3.71. The van der Waals surface area contributed by atoms with Gasteiger partial charge in [0.25, 0.3) is 11.8 Å². The highest BCUT2D eigenvalue weighted by atomic mass is 16.7. The molecule has 1 atom stereocenters. The van der Waals surface area contributed by atoms with Crippen molar-refractivity contribution < 1.29 is 33.4 Å². The Morgan fingerprint density at radius 3 is 2.48 bits per heavy atom. The smallest absolute Gasteiger partial charge is 0.262 e. The number of methoxy groups -OCH3 is 2. The minimum Gasteiger partial charge on any atom is -0.494 e. The van der Waals surface area contributed by atoms with Gasteiger partial charge in [-0.25, -0.2) is 0 Å². The molecule has 1 fully saturated rings. The van der Waals surface area contributed by atoms with Crippen LogP contribution in [0.3, 0.4) is 0 Å². The Labute approximate surface area is 168 Å². The van der Waals surface area contributed by atoms with Crippen LogP contribution in [-0.2, 0) is 19.1 Å². The first-order valence-corrected chi connectivity index (χ1v) is 9.50. The summed E-state index contributed by atoms with van der Waals surface area (Å²) >= 11 is 0. The zero-order valence-electron chi connectivity index (χ0n) is 16.4. The number of carbonyl (C=O) groups is 4. The van der Waals surface area contributed by atoms with Crippen LogP contribution in [-0.4, -0.2) is 61.7 Å². The third kappa shape index (κ3) is 4.46. The second-order valence-electron chi connectivity index (χ2n) is 6.90. The minimum absolute atomic E-state index is 0.0885. The molecule has 1 N–H and O–H groups in total. The number of nitrogens with zero attached hydrogens (tertiary/aromatic N) is 1. The number of piperidine rings is 1. The summed E-state index contributed by atoms with van der Waals surface area (Å²) < 4.78 is 15.9. The van der Waals surface area contributed by atoms with E-state index in [-0.39, 0.29) is 30.3 Å². The van der Waals surface area contributed by atoms with E-state index in [9.17, 15) is 19.2 Å². The van der Waals surface area contributed by atoms with Crippen molar-refractivity contribution in [2.45, 2.75) is 44.4 Å². The van der Waals surface area contributed by atoms with Crippen LogP contribution in [0.2, 0.25) is 0 Å². The van der Waals surface area contributed by atoms with Crippen molar-refractivity contribution in [3.8, 4) is 5.75 Å². The predicted molar refractivity (Wildman–Crippen MR) is 100 cm³/mol. The molecule has 1 saturated heterocycles. The van der Waals surface area contributed by atoms with Gasteiger partial charge in [0.05, 0.1) is 17.7 Å². The fourth-order valence-corrected chi connectivity index (χ4v) is 3.47. The molecule has 2 aliphatic rings. The van der Waals surface area contributed by atoms with Crippen LogP contribution in [0.5, 0.6) is 5.75 Å². The second-order valence-corrected chi connectivity index (χ2v) is 6.90. The number of ether oxygens (including phenoxy) is 3. The summed E-state index contributed by atoms with van der Waals surface area (Å²) in [5.41, 5.74) is 0.436. The number of amides is 4. The van der Waals surface area contributed by atoms with Crippen molar-refractivity contribution in [3.05, 3.63) is 29.3 Å². The van der Waals surface area contributed by atoms with Crippen molar-refractivity contribution in [1.82, 2.24) is 10.2 Å². The first-order chi connectivity index (χ1) is 14.0. The number of imide groups is 2. The van der Waals surface area contributed by atoms with Gasteiger partial charge in [-0.15, -0.1) is 0 Å². The first kappa shape index (κ1) is 20.9. The molecule has 0 aromatic heterocycles. The zero-order chi connectivity index (χ0) is 21.0. The highest BCUT2D eigenvalue weighted by Gasteiger charge is 2.44. The summed E-state index contributed by atoms with van der Waals surface area (Å²) in [6.07, 6.45) is 2.34. The lowest BCUT2D eigenvalue weighted by molar-refractivity contribution is -0.136. The average Bonchev–Trinajstić information content (AvgIpc) is 2.95. The van der Waals surface area contributed by atoms with Gasteiger partial charge in [-0.1, -0.05) is 0 Å². The second kappa shape index (κ2) is 9.15. The van der Waals surface area contributed by atoms with Gasteiger partial charge in [-0.3, -0.25) is 29.4 Å². The monoisotopic (exact) mass is 404 g/mol. The Bertz CT molecular complexity index is 819. The minimum atomic E-state index is -0.973. The van der Waals surface area contributed by atoms with Gasteiger partial charge < -0.3 is 14.2 Å². The lowest BCUT2D eigenvalue weighted by Crippen LogP contribution is -2.54. The van der Waals surface area contributed by atoms with Crippen LogP contribution < -0.4 is 10.1 Å². The maximum atomic E-state index is 12.8. The predicted octanol–water partition coefficient (Wildman–Crippen LogP) is 1.26. The Morgan fingerprint density at radius 2 is 1.79 bits per heavy atom. The molecule has 1 aromatic carbocycles. The molecule has 9 nitrogen and oxygen atoms in total. The molecule has 3 rings (SSSR count). The van der Waals surface area contributed by atoms with Gasteiger partial charge >= 0.3 is 0 Å². The molecule has 2 heterocycles. The van der Waals surface area contributed by atoms with Crippen LogP contribution in [0.1, 0.15) is 52.8 Å². The molecule has 9 heteroatoms. The topological polar surface area (TPSA) is 111 Å². The van der Waals surface area contributed by atoms with Crippen LogP contribution in [0.4, 0.5) is 0 Å². The molecule has 156 valence electrons. The van der Waals surface area contributed by atoms with Gasteiger partial charge in [0.2, 0.25) is 11.8 Å². The molecule has 2 aliphatic heterocycles. The summed E-state index contributed by atoms with van der Waals surface area (Å²) in [7, 11) is 3.18. The fourth-order valence-electron chi connectivity index (χ4n) is 3.47. The Balaban J connectivity index is 1.60. The van der Waals surface area contributed by atoms with E-state index in [1.165, 1.54) is 12.1 Å². The molecule has 29 heavy (non-hydrogen) atoms. The van der Waals surface area contributed by atoms with Crippen molar-refractivity contribution in [1.29, 1.82) is 0 Å². The molecule has 0 radical (unpaired) electrons. The Kier molecular flexibility index (Phi) is 6.60. The summed E-state index contributed by atoms with van der Waals surface area (Å²) in [6.45, 7) is 0.442. The van der Waals surface area contributed by atoms with E-state index in [1.807, 2.05) is 0 Å². The normalized spacial score (nSPS) is 19.0. The van der Waals surface area contributed by atoms with Crippen LogP contribution >= 0.6 is 0 Å². The number of nitrogens with one attached hydrogen (secondary N) is 1. The van der Waals surface area contributed by atoms with Crippen LogP contribution in [0.25, 0.3) is 0 Å². The molecule has 0 aliphatic carbocycles. The van der Waals surface area contributed by atoms with Crippen molar-refractivity contribution in [2.24, 2.45) is 0 Å². The van der Waals surface area contributed by atoms with E-state index >= 15 is 0 Å². The molecule has 0 spiro atoms. The number of fused-ring (bicyclic) bond motifs is 1. The number of benzene rings is 1. The number of carbonyl (C=O) groups excluding carboxylic acids is 4. The standard InChI is InChI=1S/C20H24N2O7/c1-27-17(28-2)5-3-4-10-29-12-6-7-13-14(11-12)20(26)22(19(13)25)15-8-9-16(23)21-18(15)24/h6-7,11,15,17H,3-5,8-10H2,1-2H3,(H,21,23,24). The molecule has 4 amide bonds. The summed E-state index contributed by atoms with van der Waals surface area (Å²) in [5.74, 6) is -1.63. The van der Waals surface area contributed by atoms with E-state index in [0.29, 0.717) is 12.4 Å². The zero-order valence-corrected chi connectivity index (χ0v) is 16.4. The van der Waals surface area contributed by atoms with Crippen LogP contribution in [0.15, 0.2) is 18.2 Å². The highest BCUT2D eigenvalue weighted by Crippen LogP contribution is 2.30. The summed E-state index contributed by atoms with van der Waals surface area (Å²) in [4.78, 5) is 49.7. The molecule has 0 saturated carbocycles. The van der Waals surface area contributed by atoms with Crippen LogP contribution in [0, 0.1) is 0 Å². The van der Waals surface area contributed by atoms with Gasteiger partial charge in [-0.05, 0) is 43.9 Å². The van der Waals surface area contributed by atoms with E-state index in [0.717, 1.165) is 24.2 Å². The molecular weight excluding hydrogens is 380 g/mol. The van der Waals surface area contributed by atoms with E-state index in [1.54, 1.807) is 20.3 Å². The van der Waals surface area contributed by atoms with Crippen molar-refractivity contribution >= 4 is 23.6 Å². The highest BCUT2D eigenvalue weighted by molar-refractivity contribution is 6.23. The quantitative estimate of drug-likeness (QED) is 0.375. The molecule has 1 aromatic rings. The third-order valence-electron chi connectivity index (χ3n) is 5.04. The summed E-state index contributed by atoms with van der Waals surface area (Å²) in [5, 5.41) is 2.18. The van der Waals surface area contributed by atoms with E-state index in [2.05, 4.69) is 5.32 Å². The van der Waals surface area contributed by atoms with Gasteiger partial charge in [0, 0.05) is 20.6 Å². The fraction of sp³-hybridized carbons (Fsp3) is 0.500. The molecule has 1 unspecified atom stereocenters. The number of hydrogen-bond acceptors (Lipinski definition) is 7. The lowest BCUT2D eigenvalue weighted by atomic mass is 10.0. The maximum Gasteiger partial charge on any atom is 0.262 e.